The van der Waals surface area contributed by atoms with Gasteiger partial charge in [0, 0.05) is 11.5 Å². The third-order valence-electron chi connectivity index (χ3n) is 2.27. The van der Waals surface area contributed by atoms with Gasteiger partial charge < -0.3 is 10.2 Å². The van der Waals surface area contributed by atoms with Crippen LogP contribution < -0.4 is 0 Å². The largest absolute Gasteiger partial charge is 0.481 e. The summed E-state index contributed by atoms with van der Waals surface area (Å²) in [6.07, 6.45) is -0.941. The molecule has 0 aliphatic carbocycles. The highest BCUT2D eigenvalue weighted by Gasteiger charge is 2.09. The van der Waals surface area contributed by atoms with E-state index >= 15 is 0 Å². The molecule has 4 heteroatoms. The van der Waals surface area contributed by atoms with Crippen molar-refractivity contribution in [3.05, 3.63) is 34.9 Å². The van der Waals surface area contributed by atoms with Crippen molar-refractivity contribution in [2.75, 3.05) is 5.75 Å². The normalized spacial score (nSPS) is 12.4. The highest BCUT2D eigenvalue weighted by atomic mass is 32.2. The second kappa shape index (κ2) is 6.67. The number of hydrogen-bond acceptors (Lipinski definition) is 3. The Morgan fingerprint density at radius 2 is 1.88 bits per heavy atom. The Hall–Kier alpha value is -1.00. The van der Waals surface area contributed by atoms with Gasteiger partial charge in [0.1, 0.15) is 0 Å². The first kappa shape index (κ1) is 14.1. The summed E-state index contributed by atoms with van der Waals surface area (Å²) in [5.41, 5.74) is 3.67. The summed E-state index contributed by atoms with van der Waals surface area (Å²) < 4.78 is 0. The van der Waals surface area contributed by atoms with Crippen molar-refractivity contribution in [1.29, 1.82) is 0 Å². The lowest BCUT2D eigenvalue weighted by Gasteiger charge is -2.08. The molecule has 0 heterocycles. The van der Waals surface area contributed by atoms with E-state index in [1.54, 1.807) is 11.8 Å². The third kappa shape index (κ3) is 5.75. The highest BCUT2D eigenvalue weighted by Crippen LogP contribution is 2.17. The molecule has 3 nitrogen and oxygen atoms in total. The van der Waals surface area contributed by atoms with Crippen molar-refractivity contribution < 1.29 is 15.0 Å². The van der Waals surface area contributed by atoms with E-state index in [2.05, 4.69) is 32.0 Å². The van der Waals surface area contributed by atoms with Gasteiger partial charge in [-0.15, -0.1) is 0 Å². The zero-order chi connectivity index (χ0) is 12.8. The van der Waals surface area contributed by atoms with Crippen LogP contribution in [-0.2, 0) is 10.5 Å². The van der Waals surface area contributed by atoms with Crippen LogP contribution in [0.15, 0.2) is 18.2 Å². The number of carboxylic acids is 1. The first-order valence-electron chi connectivity index (χ1n) is 5.52. The van der Waals surface area contributed by atoms with E-state index in [0.717, 1.165) is 5.75 Å². The van der Waals surface area contributed by atoms with Gasteiger partial charge in [0.2, 0.25) is 0 Å². The molecule has 0 aliphatic rings. The number of benzene rings is 1. The molecule has 0 radical (unpaired) electrons. The lowest BCUT2D eigenvalue weighted by molar-refractivity contribution is -0.138. The van der Waals surface area contributed by atoms with Crippen molar-refractivity contribution in [2.45, 2.75) is 32.1 Å². The van der Waals surface area contributed by atoms with E-state index in [1.165, 1.54) is 16.7 Å². The fourth-order valence-corrected chi connectivity index (χ4v) is 2.64. The third-order valence-corrected chi connectivity index (χ3v) is 3.43. The van der Waals surface area contributed by atoms with Crippen LogP contribution in [0, 0.1) is 13.8 Å². The maximum Gasteiger partial charge on any atom is 0.306 e. The molecule has 17 heavy (non-hydrogen) atoms. The zero-order valence-electron chi connectivity index (χ0n) is 10.1. The Bertz CT molecular complexity index is 370. The molecule has 0 saturated heterocycles. The lowest BCUT2D eigenvalue weighted by atomic mass is 10.1. The van der Waals surface area contributed by atoms with E-state index in [0.29, 0.717) is 5.75 Å². The van der Waals surface area contributed by atoms with Gasteiger partial charge in [0.05, 0.1) is 12.5 Å². The number of aliphatic hydroxyl groups is 1. The predicted octanol–water partition coefficient (Wildman–Crippen LogP) is 2.37. The molecule has 0 bridgehead atoms. The fourth-order valence-electron chi connectivity index (χ4n) is 1.73. The minimum Gasteiger partial charge on any atom is -0.481 e. The molecule has 1 aromatic rings. The monoisotopic (exact) mass is 254 g/mol. The van der Waals surface area contributed by atoms with Crippen molar-refractivity contribution in [1.82, 2.24) is 0 Å². The topological polar surface area (TPSA) is 57.5 Å². The van der Waals surface area contributed by atoms with Crippen LogP contribution in [0.2, 0.25) is 0 Å². The SMILES string of the molecule is Cc1cc(C)cc(CSCC(O)CC(=O)O)c1. The molecule has 0 aliphatic heterocycles. The van der Waals surface area contributed by atoms with Gasteiger partial charge in [-0.25, -0.2) is 0 Å². The molecule has 1 atom stereocenters. The van der Waals surface area contributed by atoms with E-state index in [9.17, 15) is 9.90 Å². The van der Waals surface area contributed by atoms with Gasteiger partial charge in [0.25, 0.3) is 0 Å². The summed E-state index contributed by atoms with van der Waals surface area (Å²) in [6.45, 7) is 4.11. The Morgan fingerprint density at radius 3 is 2.41 bits per heavy atom. The van der Waals surface area contributed by atoms with Crippen LogP contribution in [0.4, 0.5) is 0 Å². The Morgan fingerprint density at radius 1 is 1.29 bits per heavy atom. The predicted molar refractivity (Wildman–Crippen MR) is 70.3 cm³/mol. The van der Waals surface area contributed by atoms with Crippen LogP contribution in [0.25, 0.3) is 0 Å². The standard InChI is InChI=1S/C13H18O3S/c1-9-3-10(2)5-11(4-9)7-17-8-12(14)6-13(15)16/h3-5,12,14H,6-8H2,1-2H3,(H,15,16). The molecule has 0 fully saturated rings. The van der Waals surface area contributed by atoms with Gasteiger partial charge in [-0.3, -0.25) is 4.79 Å². The molecule has 0 saturated carbocycles. The second-order valence-corrected chi connectivity index (χ2v) is 5.29. The number of carbonyl (C=O) groups is 1. The average Bonchev–Trinajstić information content (AvgIpc) is 2.14. The number of thioether (sulfide) groups is 1. The molecule has 1 aromatic carbocycles. The molecule has 0 spiro atoms. The molecular weight excluding hydrogens is 236 g/mol. The molecule has 2 N–H and O–H groups in total. The summed E-state index contributed by atoms with van der Waals surface area (Å²) in [7, 11) is 0. The number of carboxylic acid groups (broad SMARTS) is 1. The van der Waals surface area contributed by atoms with Crippen molar-refractivity contribution in [3.8, 4) is 0 Å². The summed E-state index contributed by atoms with van der Waals surface area (Å²) in [6, 6.07) is 6.35. The van der Waals surface area contributed by atoms with Crippen LogP contribution in [0.3, 0.4) is 0 Å². The molecule has 0 aromatic heterocycles. The second-order valence-electron chi connectivity index (χ2n) is 4.26. The zero-order valence-corrected chi connectivity index (χ0v) is 11.0. The van der Waals surface area contributed by atoms with E-state index in [4.69, 9.17) is 5.11 Å². The Labute approximate surface area is 106 Å². The smallest absolute Gasteiger partial charge is 0.306 e. The fraction of sp³-hybridized carbons (Fsp3) is 0.462. The highest BCUT2D eigenvalue weighted by molar-refractivity contribution is 7.98. The number of aryl methyl sites for hydroxylation is 2. The van der Waals surface area contributed by atoms with Crippen LogP contribution in [-0.4, -0.2) is 28.0 Å². The quantitative estimate of drug-likeness (QED) is 0.818. The molecular formula is C13H18O3S. The first-order valence-corrected chi connectivity index (χ1v) is 6.67. The lowest BCUT2D eigenvalue weighted by Crippen LogP contribution is -2.15. The summed E-state index contributed by atoms with van der Waals surface area (Å²) in [5.74, 6) is 0.308. The van der Waals surface area contributed by atoms with E-state index < -0.39 is 12.1 Å². The van der Waals surface area contributed by atoms with Crippen molar-refractivity contribution >= 4 is 17.7 Å². The number of aliphatic carboxylic acids is 1. The van der Waals surface area contributed by atoms with Gasteiger partial charge in [-0.1, -0.05) is 29.3 Å². The summed E-state index contributed by atoms with van der Waals surface area (Å²) >= 11 is 1.56. The van der Waals surface area contributed by atoms with Gasteiger partial charge >= 0.3 is 5.97 Å². The van der Waals surface area contributed by atoms with Crippen LogP contribution in [0.5, 0.6) is 0 Å². The van der Waals surface area contributed by atoms with Crippen LogP contribution >= 0.6 is 11.8 Å². The number of rotatable bonds is 6. The maximum atomic E-state index is 10.4. The van der Waals surface area contributed by atoms with Crippen molar-refractivity contribution in [2.24, 2.45) is 0 Å². The molecule has 1 rings (SSSR count). The molecule has 1 unspecified atom stereocenters. The number of hydrogen-bond donors (Lipinski definition) is 2. The summed E-state index contributed by atoms with van der Waals surface area (Å²) in [5, 5.41) is 17.9. The van der Waals surface area contributed by atoms with Crippen LogP contribution in [0.1, 0.15) is 23.1 Å². The van der Waals surface area contributed by atoms with Gasteiger partial charge in [-0.2, -0.15) is 11.8 Å². The first-order chi connectivity index (χ1) is 7.97. The van der Waals surface area contributed by atoms with Crippen molar-refractivity contribution in [3.63, 3.8) is 0 Å². The summed E-state index contributed by atoms with van der Waals surface area (Å²) in [4.78, 5) is 10.4. The molecule has 0 amide bonds. The number of aliphatic hydroxyl groups excluding tert-OH is 1. The average molecular weight is 254 g/mol. The maximum absolute atomic E-state index is 10.4. The van der Waals surface area contributed by atoms with E-state index in [-0.39, 0.29) is 6.42 Å². The molecule has 94 valence electrons. The Kier molecular flexibility index (Phi) is 5.51. The van der Waals surface area contributed by atoms with E-state index in [1.807, 2.05) is 0 Å². The minimum atomic E-state index is -0.954. The van der Waals surface area contributed by atoms with Gasteiger partial charge in [0.15, 0.2) is 0 Å². The minimum absolute atomic E-state index is 0.181. The van der Waals surface area contributed by atoms with Gasteiger partial charge in [-0.05, 0) is 19.4 Å². The Balaban J connectivity index is 2.37.